The molecule has 1 aromatic heterocycles. The van der Waals surface area contributed by atoms with Gasteiger partial charge in [-0.05, 0) is 54.2 Å². The smallest absolute Gasteiger partial charge is 0.226 e. The summed E-state index contributed by atoms with van der Waals surface area (Å²) in [6.45, 7) is 0.669. The lowest BCUT2D eigenvalue weighted by Gasteiger charge is -2.10. The fourth-order valence-electron chi connectivity index (χ4n) is 2.57. The van der Waals surface area contributed by atoms with Crippen LogP contribution in [-0.2, 0) is 0 Å². The molecular weight excluding hydrogens is 290 g/mol. The standard InChI is InChI=1S/C18H17N3O2/c19-18-20-16-7-6-13(12-2-1-3-14(22)8-12)9-15(16)17(21-18)23-10-11-4-5-11/h1-3,6-9,11,22H,4-5,10H2,(H2,19,20,21). The second kappa shape index (κ2) is 5.43. The van der Waals surface area contributed by atoms with Crippen molar-refractivity contribution in [1.29, 1.82) is 0 Å². The summed E-state index contributed by atoms with van der Waals surface area (Å²) in [5.41, 5.74) is 8.44. The molecule has 0 bridgehead atoms. The van der Waals surface area contributed by atoms with Crippen LogP contribution in [0.15, 0.2) is 42.5 Å². The van der Waals surface area contributed by atoms with E-state index >= 15 is 0 Å². The average molecular weight is 307 g/mol. The van der Waals surface area contributed by atoms with E-state index in [1.54, 1.807) is 12.1 Å². The Kier molecular flexibility index (Phi) is 3.26. The minimum Gasteiger partial charge on any atom is -0.508 e. The summed E-state index contributed by atoms with van der Waals surface area (Å²) in [4.78, 5) is 8.52. The Hall–Kier alpha value is -2.82. The van der Waals surface area contributed by atoms with Gasteiger partial charge < -0.3 is 15.6 Å². The highest BCUT2D eigenvalue weighted by molar-refractivity contribution is 5.89. The SMILES string of the molecule is Nc1nc(OCC2CC2)c2cc(-c3cccc(O)c3)ccc2n1. The van der Waals surface area contributed by atoms with Gasteiger partial charge >= 0.3 is 0 Å². The third kappa shape index (κ3) is 2.90. The van der Waals surface area contributed by atoms with Crippen molar-refractivity contribution >= 4 is 16.9 Å². The van der Waals surface area contributed by atoms with Gasteiger partial charge in [-0.25, -0.2) is 4.98 Å². The first kappa shape index (κ1) is 13.8. The van der Waals surface area contributed by atoms with Crippen LogP contribution in [0.2, 0.25) is 0 Å². The number of ether oxygens (including phenoxy) is 1. The molecule has 3 aromatic rings. The predicted molar refractivity (Wildman–Crippen MR) is 89.3 cm³/mol. The van der Waals surface area contributed by atoms with Crippen LogP contribution in [0, 0.1) is 5.92 Å². The highest BCUT2D eigenvalue weighted by Gasteiger charge is 2.22. The van der Waals surface area contributed by atoms with E-state index < -0.39 is 0 Å². The lowest BCUT2D eigenvalue weighted by Crippen LogP contribution is -2.04. The number of hydrogen-bond acceptors (Lipinski definition) is 5. The number of nitrogen functional groups attached to an aromatic ring is 1. The molecule has 2 aromatic carbocycles. The zero-order valence-electron chi connectivity index (χ0n) is 12.6. The molecule has 0 amide bonds. The predicted octanol–water partition coefficient (Wildman–Crippen LogP) is 3.37. The van der Waals surface area contributed by atoms with Crippen LogP contribution in [0.1, 0.15) is 12.8 Å². The Morgan fingerprint density at radius 3 is 2.70 bits per heavy atom. The van der Waals surface area contributed by atoms with Gasteiger partial charge in [-0.15, -0.1) is 0 Å². The van der Waals surface area contributed by atoms with Gasteiger partial charge in [0.2, 0.25) is 11.8 Å². The normalized spacial score (nSPS) is 14.1. The molecule has 4 rings (SSSR count). The van der Waals surface area contributed by atoms with Gasteiger partial charge in [0.15, 0.2) is 0 Å². The molecule has 0 saturated heterocycles. The quantitative estimate of drug-likeness (QED) is 0.772. The number of phenolic OH excluding ortho intramolecular Hbond substituents is 1. The number of phenols is 1. The van der Waals surface area contributed by atoms with Gasteiger partial charge in [-0.2, -0.15) is 4.98 Å². The summed E-state index contributed by atoms with van der Waals surface area (Å²) in [5.74, 6) is 1.62. The van der Waals surface area contributed by atoms with Crippen LogP contribution >= 0.6 is 0 Å². The molecule has 3 N–H and O–H groups in total. The second-order valence-corrected chi connectivity index (χ2v) is 5.92. The summed E-state index contributed by atoms with van der Waals surface area (Å²) in [7, 11) is 0. The van der Waals surface area contributed by atoms with Crippen LogP contribution in [0.4, 0.5) is 5.95 Å². The van der Waals surface area contributed by atoms with E-state index in [4.69, 9.17) is 10.5 Å². The van der Waals surface area contributed by atoms with E-state index in [2.05, 4.69) is 9.97 Å². The molecule has 0 unspecified atom stereocenters. The largest absolute Gasteiger partial charge is 0.508 e. The molecule has 0 radical (unpaired) electrons. The van der Waals surface area contributed by atoms with Crippen molar-refractivity contribution in [2.24, 2.45) is 5.92 Å². The van der Waals surface area contributed by atoms with E-state index in [-0.39, 0.29) is 11.7 Å². The molecule has 116 valence electrons. The van der Waals surface area contributed by atoms with Crippen LogP contribution in [0.25, 0.3) is 22.0 Å². The Labute approximate surface area is 133 Å². The molecule has 1 heterocycles. The third-order valence-electron chi connectivity index (χ3n) is 4.01. The first-order chi connectivity index (χ1) is 11.2. The van der Waals surface area contributed by atoms with E-state index in [1.807, 2.05) is 30.3 Å². The third-order valence-corrected chi connectivity index (χ3v) is 4.01. The van der Waals surface area contributed by atoms with Gasteiger partial charge in [-0.3, -0.25) is 0 Å². The van der Waals surface area contributed by atoms with Gasteiger partial charge in [0.05, 0.1) is 17.5 Å². The lowest BCUT2D eigenvalue weighted by atomic mass is 10.0. The Balaban J connectivity index is 1.79. The first-order valence-corrected chi connectivity index (χ1v) is 7.68. The summed E-state index contributed by atoms with van der Waals surface area (Å²) >= 11 is 0. The number of fused-ring (bicyclic) bond motifs is 1. The van der Waals surface area contributed by atoms with Gasteiger partial charge in [0, 0.05) is 0 Å². The van der Waals surface area contributed by atoms with Crippen LogP contribution in [0.3, 0.4) is 0 Å². The van der Waals surface area contributed by atoms with Crippen LogP contribution < -0.4 is 10.5 Å². The Morgan fingerprint density at radius 1 is 1.09 bits per heavy atom. The summed E-state index contributed by atoms with van der Waals surface area (Å²) in [6.07, 6.45) is 2.43. The maximum Gasteiger partial charge on any atom is 0.226 e. The van der Waals surface area contributed by atoms with E-state index in [0.717, 1.165) is 22.0 Å². The molecule has 1 fully saturated rings. The fourth-order valence-corrected chi connectivity index (χ4v) is 2.57. The van der Waals surface area contributed by atoms with E-state index in [0.29, 0.717) is 18.4 Å². The van der Waals surface area contributed by atoms with E-state index in [1.165, 1.54) is 12.8 Å². The first-order valence-electron chi connectivity index (χ1n) is 7.68. The highest BCUT2D eigenvalue weighted by atomic mass is 16.5. The summed E-state index contributed by atoms with van der Waals surface area (Å²) < 4.78 is 5.86. The Bertz CT molecular complexity index is 875. The number of anilines is 1. The molecule has 5 nitrogen and oxygen atoms in total. The highest BCUT2D eigenvalue weighted by Crippen LogP contribution is 2.33. The number of nitrogens with zero attached hydrogens (tertiary/aromatic N) is 2. The number of rotatable bonds is 4. The van der Waals surface area contributed by atoms with Crippen molar-refractivity contribution < 1.29 is 9.84 Å². The van der Waals surface area contributed by atoms with Crippen LogP contribution in [0.5, 0.6) is 11.6 Å². The van der Waals surface area contributed by atoms with Crippen molar-refractivity contribution in [3.8, 4) is 22.8 Å². The number of nitrogens with two attached hydrogens (primary N) is 1. The topological polar surface area (TPSA) is 81.3 Å². The van der Waals surface area contributed by atoms with E-state index in [9.17, 15) is 5.11 Å². The van der Waals surface area contributed by atoms with Crippen LogP contribution in [-0.4, -0.2) is 21.7 Å². The van der Waals surface area contributed by atoms with Gasteiger partial charge in [-0.1, -0.05) is 18.2 Å². The molecule has 1 saturated carbocycles. The average Bonchev–Trinajstić information content (AvgIpc) is 3.36. The zero-order chi connectivity index (χ0) is 15.8. The molecule has 0 aliphatic heterocycles. The lowest BCUT2D eigenvalue weighted by molar-refractivity contribution is 0.292. The Morgan fingerprint density at radius 2 is 1.91 bits per heavy atom. The molecular formula is C18H17N3O2. The fraction of sp³-hybridized carbons (Fsp3) is 0.222. The molecule has 23 heavy (non-hydrogen) atoms. The van der Waals surface area contributed by atoms with Gasteiger partial charge in [0.25, 0.3) is 0 Å². The van der Waals surface area contributed by atoms with Crippen molar-refractivity contribution in [2.45, 2.75) is 12.8 Å². The maximum atomic E-state index is 9.66. The van der Waals surface area contributed by atoms with Crippen molar-refractivity contribution in [2.75, 3.05) is 12.3 Å². The number of aromatic hydroxyl groups is 1. The molecule has 1 aliphatic carbocycles. The minimum atomic E-state index is 0.216. The second-order valence-electron chi connectivity index (χ2n) is 5.92. The van der Waals surface area contributed by atoms with Gasteiger partial charge in [0.1, 0.15) is 5.75 Å². The molecule has 0 atom stereocenters. The molecule has 1 aliphatic rings. The number of hydrogen-bond donors (Lipinski definition) is 2. The summed E-state index contributed by atoms with van der Waals surface area (Å²) in [5, 5.41) is 10.5. The number of benzene rings is 2. The molecule has 0 spiro atoms. The zero-order valence-corrected chi connectivity index (χ0v) is 12.6. The van der Waals surface area contributed by atoms with Crippen molar-refractivity contribution in [3.63, 3.8) is 0 Å². The maximum absolute atomic E-state index is 9.66. The summed E-state index contributed by atoms with van der Waals surface area (Å²) in [6, 6.07) is 13.0. The monoisotopic (exact) mass is 307 g/mol. The minimum absolute atomic E-state index is 0.216. The molecule has 5 heteroatoms. The number of aromatic nitrogens is 2. The van der Waals surface area contributed by atoms with Crippen molar-refractivity contribution in [3.05, 3.63) is 42.5 Å². The van der Waals surface area contributed by atoms with Crippen molar-refractivity contribution in [1.82, 2.24) is 9.97 Å².